The van der Waals surface area contributed by atoms with Crippen LogP contribution in [-0.4, -0.2) is 9.78 Å². The summed E-state index contributed by atoms with van der Waals surface area (Å²) in [6.45, 7) is 10.7. The Bertz CT molecular complexity index is 1220. The van der Waals surface area contributed by atoms with E-state index in [1.54, 1.807) is 0 Å². The van der Waals surface area contributed by atoms with Crippen LogP contribution in [0.4, 0.5) is 0 Å². The second-order valence-electron chi connectivity index (χ2n) is 7.81. The van der Waals surface area contributed by atoms with E-state index in [9.17, 15) is 0 Å². The average Bonchev–Trinajstić information content (AvgIpc) is 3.03. The molecule has 0 radical (unpaired) electrons. The molecule has 2 nitrogen and oxygen atoms in total. The lowest BCUT2D eigenvalue weighted by atomic mass is 9.98. The molecule has 0 fully saturated rings. The van der Waals surface area contributed by atoms with Gasteiger partial charge in [0.15, 0.2) is 0 Å². The maximum atomic E-state index is 6.30. The summed E-state index contributed by atoms with van der Waals surface area (Å²) in [4.78, 5) is 0. The molecule has 0 bridgehead atoms. The summed E-state index contributed by atoms with van der Waals surface area (Å²) in [7, 11) is 0. The molecule has 4 aromatic rings. The van der Waals surface area contributed by atoms with Gasteiger partial charge >= 0.3 is 0 Å². The third-order valence-electron chi connectivity index (χ3n) is 5.74. The van der Waals surface area contributed by atoms with Crippen molar-refractivity contribution in [2.75, 3.05) is 0 Å². The molecular formula is C26H25ClN2. The number of benzene rings is 3. The fourth-order valence-electron chi connectivity index (χ4n) is 3.68. The SMILES string of the molecule is Cc1ccc(-c2nn(-c3cccc(Cl)c3)c(-c3ccc(C)c(C)c3)c2C)cc1C. The van der Waals surface area contributed by atoms with Crippen LogP contribution in [0.5, 0.6) is 0 Å². The zero-order valence-electron chi connectivity index (χ0n) is 17.5. The molecule has 0 aliphatic carbocycles. The van der Waals surface area contributed by atoms with E-state index in [-0.39, 0.29) is 0 Å². The molecule has 0 aliphatic rings. The van der Waals surface area contributed by atoms with Crippen molar-refractivity contribution in [2.45, 2.75) is 34.6 Å². The summed E-state index contributed by atoms with van der Waals surface area (Å²) in [5.41, 5.74) is 11.6. The van der Waals surface area contributed by atoms with Crippen LogP contribution in [0.2, 0.25) is 5.02 Å². The minimum atomic E-state index is 0.703. The molecule has 0 atom stereocenters. The summed E-state index contributed by atoms with van der Waals surface area (Å²) in [5.74, 6) is 0. The van der Waals surface area contributed by atoms with Gasteiger partial charge in [-0.15, -0.1) is 0 Å². The maximum Gasteiger partial charge on any atom is 0.0963 e. The van der Waals surface area contributed by atoms with Crippen LogP contribution in [0.25, 0.3) is 28.2 Å². The Morgan fingerprint density at radius 3 is 1.93 bits per heavy atom. The van der Waals surface area contributed by atoms with Gasteiger partial charge in [0.1, 0.15) is 0 Å². The van der Waals surface area contributed by atoms with Gasteiger partial charge in [0.25, 0.3) is 0 Å². The Morgan fingerprint density at radius 1 is 0.690 bits per heavy atom. The molecule has 1 heterocycles. The first-order chi connectivity index (χ1) is 13.8. The van der Waals surface area contributed by atoms with Crippen molar-refractivity contribution in [3.63, 3.8) is 0 Å². The zero-order chi connectivity index (χ0) is 20.7. The van der Waals surface area contributed by atoms with Crippen molar-refractivity contribution >= 4 is 11.6 Å². The lowest BCUT2D eigenvalue weighted by molar-refractivity contribution is 0.891. The zero-order valence-corrected chi connectivity index (χ0v) is 18.3. The molecular weight excluding hydrogens is 376 g/mol. The smallest absolute Gasteiger partial charge is 0.0963 e. The number of aromatic nitrogens is 2. The van der Waals surface area contributed by atoms with Crippen LogP contribution in [0, 0.1) is 34.6 Å². The highest BCUT2D eigenvalue weighted by Gasteiger charge is 2.19. The predicted molar refractivity (Wildman–Crippen MR) is 123 cm³/mol. The minimum absolute atomic E-state index is 0.703. The molecule has 0 N–H and O–H groups in total. The number of aryl methyl sites for hydroxylation is 4. The third-order valence-corrected chi connectivity index (χ3v) is 5.97. The molecule has 146 valence electrons. The molecule has 29 heavy (non-hydrogen) atoms. The highest BCUT2D eigenvalue weighted by molar-refractivity contribution is 6.30. The fraction of sp³-hybridized carbons (Fsp3) is 0.192. The lowest BCUT2D eigenvalue weighted by Gasteiger charge is -2.11. The Balaban J connectivity index is 2.00. The van der Waals surface area contributed by atoms with Crippen LogP contribution < -0.4 is 0 Å². The van der Waals surface area contributed by atoms with Crippen molar-refractivity contribution in [3.8, 4) is 28.2 Å². The first kappa shape index (κ1) is 19.5. The Labute approximate surface area is 177 Å². The number of hydrogen-bond donors (Lipinski definition) is 0. The highest BCUT2D eigenvalue weighted by Crippen LogP contribution is 2.35. The van der Waals surface area contributed by atoms with Gasteiger partial charge in [-0.1, -0.05) is 41.9 Å². The molecule has 0 saturated heterocycles. The molecule has 0 unspecified atom stereocenters. The monoisotopic (exact) mass is 400 g/mol. The Hall–Kier alpha value is -2.84. The predicted octanol–water partition coefficient (Wildman–Crippen LogP) is 7.40. The fourth-order valence-corrected chi connectivity index (χ4v) is 3.87. The Morgan fingerprint density at radius 2 is 1.31 bits per heavy atom. The third kappa shape index (κ3) is 3.61. The van der Waals surface area contributed by atoms with Crippen LogP contribution in [0.1, 0.15) is 27.8 Å². The minimum Gasteiger partial charge on any atom is -0.232 e. The molecule has 3 aromatic carbocycles. The molecule has 0 amide bonds. The number of rotatable bonds is 3. The number of nitrogens with zero attached hydrogens (tertiary/aromatic N) is 2. The summed E-state index contributed by atoms with van der Waals surface area (Å²) in [5, 5.41) is 5.75. The summed E-state index contributed by atoms with van der Waals surface area (Å²) in [6.07, 6.45) is 0. The molecule has 0 spiro atoms. The lowest BCUT2D eigenvalue weighted by Crippen LogP contribution is -2.00. The van der Waals surface area contributed by atoms with E-state index in [0.29, 0.717) is 5.02 Å². The second-order valence-corrected chi connectivity index (χ2v) is 8.25. The van der Waals surface area contributed by atoms with Crippen molar-refractivity contribution < 1.29 is 0 Å². The van der Waals surface area contributed by atoms with Crippen LogP contribution >= 0.6 is 11.6 Å². The van der Waals surface area contributed by atoms with E-state index >= 15 is 0 Å². The molecule has 4 rings (SSSR count). The highest BCUT2D eigenvalue weighted by atomic mass is 35.5. The van der Waals surface area contributed by atoms with Crippen LogP contribution in [0.15, 0.2) is 60.7 Å². The largest absolute Gasteiger partial charge is 0.232 e. The standard InChI is InChI=1S/C26H25ClN2/c1-16-9-11-21(13-18(16)3)25-20(5)26(22-12-10-17(2)19(4)14-22)29(28-25)24-8-6-7-23(27)15-24/h6-15H,1-5H3. The average molecular weight is 401 g/mol. The first-order valence-corrected chi connectivity index (χ1v) is 10.2. The summed E-state index contributed by atoms with van der Waals surface area (Å²) in [6, 6.07) is 21.0. The van der Waals surface area contributed by atoms with Gasteiger partial charge in [0, 0.05) is 21.7 Å². The van der Waals surface area contributed by atoms with E-state index in [0.717, 1.165) is 33.8 Å². The van der Waals surface area contributed by atoms with E-state index < -0.39 is 0 Å². The van der Waals surface area contributed by atoms with E-state index in [1.165, 1.54) is 22.3 Å². The maximum absolute atomic E-state index is 6.30. The van der Waals surface area contributed by atoms with Crippen molar-refractivity contribution in [2.24, 2.45) is 0 Å². The van der Waals surface area contributed by atoms with Gasteiger partial charge in [-0.05, 0) is 87.2 Å². The summed E-state index contributed by atoms with van der Waals surface area (Å²) >= 11 is 6.30. The van der Waals surface area contributed by atoms with Gasteiger partial charge in [0.2, 0.25) is 0 Å². The molecule has 0 aliphatic heterocycles. The van der Waals surface area contributed by atoms with Crippen molar-refractivity contribution in [3.05, 3.63) is 93.5 Å². The number of hydrogen-bond acceptors (Lipinski definition) is 1. The Kier molecular flexibility index (Phi) is 5.06. The molecule has 3 heteroatoms. The second kappa shape index (κ2) is 7.53. The molecule has 1 aromatic heterocycles. The van der Waals surface area contributed by atoms with E-state index in [1.807, 2.05) is 28.9 Å². The van der Waals surface area contributed by atoms with E-state index in [4.69, 9.17) is 16.7 Å². The van der Waals surface area contributed by atoms with Gasteiger partial charge in [0.05, 0.1) is 17.1 Å². The van der Waals surface area contributed by atoms with Crippen molar-refractivity contribution in [1.29, 1.82) is 0 Å². The first-order valence-electron chi connectivity index (χ1n) is 9.86. The van der Waals surface area contributed by atoms with Gasteiger partial charge < -0.3 is 0 Å². The topological polar surface area (TPSA) is 17.8 Å². The summed E-state index contributed by atoms with van der Waals surface area (Å²) < 4.78 is 2.02. The van der Waals surface area contributed by atoms with Gasteiger partial charge in [-0.25, -0.2) is 4.68 Å². The number of halogens is 1. The van der Waals surface area contributed by atoms with Crippen LogP contribution in [-0.2, 0) is 0 Å². The normalized spacial score (nSPS) is 11.1. The van der Waals surface area contributed by atoms with Crippen LogP contribution in [0.3, 0.4) is 0 Å². The quantitative estimate of drug-likeness (QED) is 0.350. The van der Waals surface area contributed by atoms with Gasteiger partial charge in [-0.2, -0.15) is 5.10 Å². The van der Waals surface area contributed by atoms with Crippen molar-refractivity contribution in [1.82, 2.24) is 9.78 Å². The molecule has 0 saturated carbocycles. The van der Waals surface area contributed by atoms with Gasteiger partial charge in [-0.3, -0.25) is 0 Å². The van der Waals surface area contributed by atoms with E-state index in [2.05, 4.69) is 71.0 Å².